The first-order chi connectivity index (χ1) is 71.3. The maximum absolute atomic E-state index is 13.4. The maximum Gasteiger partial charge on any atom is 0.317 e. The Hall–Kier alpha value is -7.58. The summed E-state index contributed by atoms with van der Waals surface area (Å²) in [6, 6.07) is 47.6. The fourth-order valence-corrected chi connectivity index (χ4v) is 24.3. The van der Waals surface area contributed by atoms with E-state index in [-0.39, 0.29) is 83.8 Å². The molecule has 0 unspecified atom stereocenters. The number of aliphatic hydroxyl groups is 6. The molecule has 4 saturated heterocycles. The Morgan fingerprint density at radius 2 is 0.682 bits per heavy atom. The summed E-state index contributed by atoms with van der Waals surface area (Å²) in [6.45, 7) is 22.8. The van der Waals surface area contributed by atoms with Gasteiger partial charge in [0, 0.05) is 179 Å². The van der Waals surface area contributed by atoms with E-state index in [4.69, 9.17) is 42.1 Å². The lowest BCUT2D eigenvalue weighted by molar-refractivity contribution is -0.0570. The van der Waals surface area contributed by atoms with Crippen LogP contribution in [0, 0.1) is 61.2 Å². The molecule has 0 radical (unpaired) electrons. The van der Waals surface area contributed by atoms with Crippen LogP contribution in [-0.2, 0) is 41.4 Å². The Balaban J connectivity index is 0.000000219. The van der Waals surface area contributed by atoms with Crippen molar-refractivity contribution in [3.8, 4) is 22.3 Å². The molecule has 6 aromatic rings. The number of amides is 8. The lowest BCUT2D eigenvalue weighted by Gasteiger charge is -2.44. The molecule has 2 aliphatic carbocycles. The minimum absolute atomic E-state index is 0.0238. The molecule has 8 amide bonds. The molecule has 14 atom stereocenters. The van der Waals surface area contributed by atoms with Crippen molar-refractivity contribution in [1.82, 2.24) is 62.1 Å². The number of halogens is 2. The molecule has 28 heteroatoms. The summed E-state index contributed by atoms with van der Waals surface area (Å²) >= 11 is 12.6. The van der Waals surface area contributed by atoms with Crippen molar-refractivity contribution in [1.29, 1.82) is 0 Å². The molecule has 2 saturated carbocycles. The van der Waals surface area contributed by atoms with Gasteiger partial charge in [-0.15, -0.1) is 0 Å². The number of likely N-dealkylation sites (tertiary alicyclic amines) is 4. The molecule has 0 spiro atoms. The number of aryl methyl sites for hydroxylation is 2. The van der Waals surface area contributed by atoms with Crippen molar-refractivity contribution in [2.24, 2.45) is 47.3 Å². The molecule has 0 bridgehead atoms. The Labute approximate surface area is 898 Å². The summed E-state index contributed by atoms with van der Waals surface area (Å²) in [5, 5.41) is 98.1. The van der Waals surface area contributed by atoms with Crippen molar-refractivity contribution >= 4 is 47.3 Å². The van der Waals surface area contributed by atoms with Gasteiger partial charge in [-0.3, -0.25) is 0 Å². The molecule has 148 heavy (non-hydrogen) atoms. The molecule has 6 aromatic carbocycles. The first-order valence-corrected chi connectivity index (χ1v) is 57.0. The lowest BCUT2D eigenvalue weighted by atomic mass is 9.72. The number of aliphatic hydroxyl groups excluding tert-OH is 2. The molecule has 0 aromatic heterocycles. The molecule has 26 nitrogen and oxygen atoms in total. The van der Waals surface area contributed by atoms with Gasteiger partial charge in [-0.25, -0.2) is 19.2 Å². The van der Waals surface area contributed by atoms with Crippen molar-refractivity contribution in [3.63, 3.8) is 0 Å². The van der Waals surface area contributed by atoms with Crippen molar-refractivity contribution < 1.29 is 68.8 Å². The summed E-state index contributed by atoms with van der Waals surface area (Å²) in [5.74, 6) is 1.13. The monoisotopic (exact) mass is 2090 g/mol. The van der Waals surface area contributed by atoms with Crippen LogP contribution in [0.5, 0.6) is 0 Å². The molecule has 12 rings (SSSR count). The summed E-state index contributed by atoms with van der Waals surface area (Å²) in [4.78, 5) is 61.0. The van der Waals surface area contributed by atoms with E-state index in [0.29, 0.717) is 126 Å². The first kappa shape index (κ1) is 124. The number of carbonyl (C=O) groups excluding carboxylic acids is 4. The Bertz CT molecular complexity index is 4650. The highest BCUT2D eigenvalue weighted by Crippen LogP contribution is 2.49. The van der Waals surface area contributed by atoms with Crippen LogP contribution in [0.15, 0.2) is 146 Å². The van der Waals surface area contributed by atoms with Crippen LogP contribution < -0.4 is 42.5 Å². The molecule has 6 aliphatic rings. The minimum atomic E-state index is -1.08. The number of ether oxygens (including phenoxy) is 4. The topological polar surface area (TPSA) is 336 Å². The molecule has 4 aliphatic heterocycles. The van der Waals surface area contributed by atoms with Crippen LogP contribution in [0.1, 0.15) is 267 Å². The number of nitrogens with one attached hydrogen (secondary N) is 8. The van der Waals surface area contributed by atoms with Crippen molar-refractivity contribution in [2.45, 2.75) is 306 Å². The SMILES string of the molecule is CNC[C@@H](NC(=O)N1CCC[C@@H]([C@@](O)(CCCCOC)c2cccc(Cl)c2)C1)[C@@H](O)C1CCCCC1.CNC[C@@H](NC(=O)N1CCC[C@@H]([C@@](O)(CCCCOC)c2cccc(Cl)c2)C1)[C@H](O)C1CCCCC1.CNC[C@H](CC(C)C)NC(=O)N1CCC[C@@H]([C@@](O)(CCCCOC)c2ccccc2-c2ccc(C)cc2)C1.CNC[C@H](CC(C)C)NC(=O)N1CCC[C@@H]([C@@](O)(CCCCOC)c2ccccc2-c2cccc(C)c2)C1. The van der Waals surface area contributed by atoms with Crippen LogP contribution in [-0.4, -0.2) is 272 Å². The van der Waals surface area contributed by atoms with E-state index in [0.717, 1.165) is 238 Å². The standard InChI is InChI=1S/2C32H49N3O3.2C28H46ClN3O4/c1-24(2)20-28(22-33-4)34-31(36)35-18-11-14-27(23-35)32(37,17-8-9-19-38-5)30-16-7-6-15-29(30)26-13-10-12-25(3)21-26;1-24(2)21-28(22-33-4)34-31(36)35-19-10-11-27(23-35)32(37,18-8-9-20-38-5)30-13-7-6-12-29(30)26-16-14-25(3)15-17-26;2*1-30-19-25(26(33)21-10-4-3-5-11-21)31-27(34)32-16-9-13-23(20-32)28(35,15-6-7-17-36-2)22-12-8-14-24(29)18-22/h6-7,10,12-13,15-16,21,24,27-28,33,37H,8-9,11,14,17-20,22-23H2,1-5H3,(H,34,36);6-7,12-17,24,27-28,33,37H,8-11,18-23H2,1-5H3,(H,34,36);2*8,12,14,18,21,23,25-26,30,33,35H,3-7,9-11,13,15-17,19-20H2,1-2H3,(H,31,34)/t2*27-,28+,32+;23-,25-,26+,28-;23-,25-,26-,28-/m1111/s1. The van der Waals surface area contributed by atoms with E-state index in [1.807, 2.05) is 121 Å². The number of rotatable bonds is 50. The van der Waals surface area contributed by atoms with Gasteiger partial charge >= 0.3 is 24.1 Å². The van der Waals surface area contributed by atoms with Crippen LogP contribution in [0.4, 0.5) is 19.2 Å². The second-order valence-corrected chi connectivity index (χ2v) is 45.0. The smallest absolute Gasteiger partial charge is 0.317 e. The van der Waals surface area contributed by atoms with E-state index in [1.165, 1.54) is 24.0 Å². The Kier molecular flexibility index (Phi) is 54.6. The number of likely N-dealkylation sites (N-methyl/N-ethyl adjacent to an activating group) is 4. The number of methoxy groups -OCH3 is 4. The largest absolute Gasteiger partial charge is 0.391 e. The van der Waals surface area contributed by atoms with Gasteiger partial charge in [0.05, 0.1) is 46.7 Å². The average Bonchev–Trinajstić information content (AvgIpc) is 0.771. The third-order valence-corrected chi connectivity index (χ3v) is 32.4. The van der Waals surface area contributed by atoms with Gasteiger partial charge in [0.2, 0.25) is 0 Å². The van der Waals surface area contributed by atoms with E-state index in [1.54, 1.807) is 28.4 Å². The first-order valence-electron chi connectivity index (χ1n) is 56.2. The van der Waals surface area contributed by atoms with Crippen molar-refractivity contribution in [3.05, 3.63) is 189 Å². The number of urea groups is 4. The highest BCUT2D eigenvalue weighted by atomic mass is 35.5. The molecule has 14 N–H and O–H groups in total. The summed E-state index contributed by atoms with van der Waals surface area (Å²) < 4.78 is 21.0. The number of hydrogen-bond donors (Lipinski definition) is 14. The van der Waals surface area contributed by atoms with E-state index in [2.05, 4.69) is 157 Å². The predicted octanol–water partition coefficient (Wildman–Crippen LogP) is 20.0. The third kappa shape index (κ3) is 38.0. The summed E-state index contributed by atoms with van der Waals surface area (Å²) in [6.07, 6.45) is 27.9. The number of nitrogens with zero attached hydrogens (tertiary/aromatic N) is 4. The molecular formula is C120H190Cl2N12O14. The normalized spacial score (nSPS) is 20.4. The predicted molar refractivity (Wildman–Crippen MR) is 601 cm³/mol. The van der Waals surface area contributed by atoms with Crippen LogP contribution in [0.3, 0.4) is 0 Å². The second kappa shape index (κ2) is 65.2. The maximum atomic E-state index is 13.4. The third-order valence-electron chi connectivity index (χ3n) is 31.9. The van der Waals surface area contributed by atoms with Gasteiger partial charge in [-0.05, 0) is 301 Å². The molecule has 6 fully saturated rings. The average molecular weight is 2100 g/mol. The lowest BCUT2D eigenvalue weighted by Crippen LogP contribution is -2.57. The van der Waals surface area contributed by atoms with Crippen molar-refractivity contribution in [2.75, 3.05) is 162 Å². The van der Waals surface area contributed by atoms with E-state index in [9.17, 15) is 49.8 Å². The minimum Gasteiger partial charge on any atom is -0.391 e. The van der Waals surface area contributed by atoms with E-state index >= 15 is 0 Å². The Morgan fingerprint density at radius 1 is 0.358 bits per heavy atom. The van der Waals surface area contributed by atoms with E-state index < -0.39 is 34.6 Å². The second-order valence-electron chi connectivity index (χ2n) is 44.2. The zero-order valence-corrected chi connectivity index (χ0v) is 93.9. The molecule has 828 valence electrons. The van der Waals surface area contributed by atoms with Crippen LogP contribution in [0.25, 0.3) is 22.3 Å². The van der Waals surface area contributed by atoms with Crippen LogP contribution in [0.2, 0.25) is 10.0 Å². The Morgan fingerprint density at radius 3 is 1.01 bits per heavy atom. The number of carbonyl (C=O) groups is 4. The van der Waals surface area contributed by atoms with Gasteiger partial charge in [-0.1, -0.05) is 222 Å². The van der Waals surface area contributed by atoms with Gasteiger partial charge in [0.15, 0.2) is 0 Å². The summed E-state index contributed by atoms with van der Waals surface area (Å²) in [5.41, 5.74) is 6.04. The number of benzene rings is 6. The number of hydrogen-bond acceptors (Lipinski definition) is 18. The van der Waals surface area contributed by atoms with Gasteiger partial charge < -0.3 is 112 Å². The molecular weight excluding hydrogens is 1900 g/mol. The van der Waals surface area contributed by atoms with Gasteiger partial charge in [0.1, 0.15) is 0 Å². The number of piperidine rings is 4. The zero-order chi connectivity index (χ0) is 107. The van der Waals surface area contributed by atoms with Gasteiger partial charge in [0.25, 0.3) is 0 Å². The fourth-order valence-electron chi connectivity index (χ4n) is 24.0. The molecule has 4 heterocycles. The van der Waals surface area contributed by atoms with Crippen LogP contribution >= 0.6 is 23.2 Å². The quantitative estimate of drug-likeness (QED) is 0.0158. The highest BCUT2D eigenvalue weighted by molar-refractivity contribution is 6.31. The zero-order valence-electron chi connectivity index (χ0n) is 92.4. The fraction of sp³-hybridized carbons (Fsp3) is 0.667. The highest BCUT2D eigenvalue weighted by Gasteiger charge is 2.48. The van der Waals surface area contributed by atoms with Gasteiger partial charge in [-0.2, -0.15) is 0 Å². The number of unbranched alkanes of at least 4 members (excludes halogenated alkanes) is 4. The summed E-state index contributed by atoms with van der Waals surface area (Å²) in [7, 11) is 14.4.